The van der Waals surface area contributed by atoms with Gasteiger partial charge in [0.05, 0.1) is 13.2 Å². The molecule has 2 bridgehead atoms. The SMILES string of the molecule is COc1ccc2c(c1O)[C@@]13CCC[C@@H](O)[C@H]1[C@@H](C2)N(C)CC3. The Hall–Kier alpha value is -1.26. The second kappa shape index (κ2) is 4.87. The topological polar surface area (TPSA) is 52.9 Å². The predicted molar refractivity (Wildman–Crippen MR) is 84.4 cm³/mol. The van der Waals surface area contributed by atoms with Crippen LogP contribution in [0.3, 0.4) is 0 Å². The van der Waals surface area contributed by atoms with Crippen molar-refractivity contribution in [3.63, 3.8) is 0 Å². The summed E-state index contributed by atoms with van der Waals surface area (Å²) >= 11 is 0. The lowest BCUT2D eigenvalue weighted by atomic mass is 9.51. The molecule has 0 amide bonds. The zero-order chi connectivity index (χ0) is 15.5. The first-order valence-electron chi connectivity index (χ1n) is 8.36. The van der Waals surface area contributed by atoms with Crippen LogP contribution in [-0.2, 0) is 11.8 Å². The second-order valence-corrected chi connectivity index (χ2v) is 7.29. The number of nitrogens with zero attached hydrogens (tertiary/aromatic N) is 1. The molecular formula is C18H25NO3. The molecule has 0 unspecified atom stereocenters. The number of likely N-dealkylation sites (tertiary alicyclic amines) is 1. The van der Waals surface area contributed by atoms with Crippen LogP contribution in [0, 0.1) is 5.92 Å². The van der Waals surface area contributed by atoms with Crippen molar-refractivity contribution in [2.45, 2.75) is 49.7 Å². The summed E-state index contributed by atoms with van der Waals surface area (Å²) in [5.74, 6) is 1.09. The van der Waals surface area contributed by atoms with Crippen molar-refractivity contribution >= 4 is 0 Å². The first-order chi connectivity index (χ1) is 10.6. The molecule has 1 saturated heterocycles. The first kappa shape index (κ1) is 14.3. The van der Waals surface area contributed by atoms with Crippen molar-refractivity contribution in [1.82, 2.24) is 4.90 Å². The maximum absolute atomic E-state index is 10.8. The Kier molecular flexibility index (Phi) is 3.17. The summed E-state index contributed by atoms with van der Waals surface area (Å²) in [6, 6.07) is 4.36. The molecule has 4 nitrogen and oxygen atoms in total. The quantitative estimate of drug-likeness (QED) is 0.834. The van der Waals surface area contributed by atoms with Crippen LogP contribution in [0.4, 0.5) is 0 Å². The smallest absolute Gasteiger partial charge is 0.161 e. The fourth-order valence-electron chi connectivity index (χ4n) is 5.50. The van der Waals surface area contributed by atoms with Crippen LogP contribution >= 0.6 is 0 Å². The molecule has 120 valence electrons. The van der Waals surface area contributed by atoms with E-state index in [9.17, 15) is 10.2 Å². The lowest BCUT2D eigenvalue weighted by Gasteiger charge is -2.59. The van der Waals surface area contributed by atoms with Gasteiger partial charge in [0.25, 0.3) is 0 Å². The van der Waals surface area contributed by atoms with E-state index < -0.39 is 0 Å². The van der Waals surface area contributed by atoms with Crippen molar-refractivity contribution in [1.29, 1.82) is 0 Å². The van der Waals surface area contributed by atoms with E-state index in [0.717, 1.165) is 44.2 Å². The van der Waals surface area contributed by atoms with Gasteiger partial charge in [-0.15, -0.1) is 0 Å². The summed E-state index contributed by atoms with van der Waals surface area (Å²) in [6.07, 6.45) is 4.64. The number of ether oxygens (including phenoxy) is 1. The Labute approximate surface area is 131 Å². The molecule has 1 aromatic carbocycles. The molecule has 1 aliphatic heterocycles. The fourth-order valence-corrected chi connectivity index (χ4v) is 5.50. The number of methoxy groups -OCH3 is 1. The van der Waals surface area contributed by atoms with Gasteiger partial charge in [0.1, 0.15) is 0 Å². The number of likely N-dealkylation sites (N-methyl/N-ethyl adjacent to an activating group) is 1. The number of aliphatic hydroxyl groups excluding tert-OH is 1. The summed E-state index contributed by atoms with van der Waals surface area (Å²) in [5.41, 5.74) is 2.22. The monoisotopic (exact) mass is 303 g/mol. The molecule has 2 N–H and O–H groups in total. The van der Waals surface area contributed by atoms with E-state index in [1.54, 1.807) is 7.11 Å². The van der Waals surface area contributed by atoms with Crippen LogP contribution in [0.15, 0.2) is 12.1 Å². The number of aliphatic hydroxyl groups is 1. The average Bonchev–Trinajstić information content (AvgIpc) is 2.51. The standard InChI is InChI=1S/C18H25NO3/c1-19-9-8-18-7-3-4-13(20)16(18)12(19)10-11-5-6-14(22-2)17(21)15(11)18/h5-6,12-13,16,20-21H,3-4,7-10H2,1-2H3/t12-,13-,16-,18+/m1/s1. The van der Waals surface area contributed by atoms with Gasteiger partial charge in [0.2, 0.25) is 0 Å². The molecular weight excluding hydrogens is 278 g/mol. The number of rotatable bonds is 1. The Morgan fingerprint density at radius 3 is 2.91 bits per heavy atom. The number of phenolic OH excluding ortho intramolecular Hbond substituents is 1. The van der Waals surface area contributed by atoms with Gasteiger partial charge in [-0.1, -0.05) is 6.07 Å². The van der Waals surface area contributed by atoms with Gasteiger partial charge in [0.15, 0.2) is 11.5 Å². The number of hydrogen-bond donors (Lipinski definition) is 2. The largest absolute Gasteiger partial charge is 0.504 e. The van der Waals surface area contributed by atoms with Crippen molar-refractivity contribution in [2.24, 2.45) is 5.92 Å². The van der Waals surface area contributed by atoms with Gasteiger partial charge >= 0.3 is 0 Å². The predicted octanol–water partition coefficient (Wildman–Crippen LogP) is 2.06. The molecule has 4 heteroatoms. The zero-order valence-corrected chi connectivity index (χ0v) is 13.4. The Bertz CT molecular complexity index is 602. The van der Waals surface area contributed by atoms with Gasteiger partial charge < -0.3 is 19.8 Å². The molecule has 3 aliphatic rings. The molecule has 4 atom stereocenters. The third kappa shape index (κ3) is 1.71. The molecule has 4 rings (SSSR count). The number of phenols is 1. The molecule has 0 spiro atoms. The van der Waals surface area contributed by atoms with Crippen LogP contribution in [0.5, 0.6) is 11.5 Å². The zero-order valence-electron chi connectivity index (χ0n) is 13.4. The van der Waals surface area contributed by atoms with E-state index in [1.165, 1.54) is 5.56 Å². The molecule has 2 aliphatic carbocycles. The third-order valence-electron chi connectivity index (χ3n) is 6.44. The van der Waals surface area contributed by atoms with E-state index in [0.29, 0.717) is 17.5 Å². The highest BCUT2D eigenvalue weighted by Crippen LogP contribution is 2.58. The molecule has 0 aromatic heterocycles. The highest BCUT2D eigenvalue weighted by atomic mass is 16.5. The minimum Gasteiger partial charge on any atom is -0.504 e. The molecule has 1 aromatic rings. The number of benzene rings is 1. The lowest BCUT2D eigenvalue weighted by molar-refractivity contribution is -0.0754. The Morgan fingerprint density at radius 1 is 1.32 bits per heavy atom. The fraction of sp³-hybridized carbons (Fsp3) is 0.667. The summed E-state index contributed by atoms with van der Waals surface area (Å²) in [6.45, 7) is 1.03. The van der Waals surface area contributed by atoms with Gasteiger partial charge in [-0.05, 0) is 57.3 Å². The van der Waals surface area contributed by atoms with Gasteiger partial charge in [-0.3, -0.25) is 0 Å². The number of fused-ring (bicyclic) bond motifs is 1. The highest BCUT2D eigenvalue weighted by molar-refractivity contribution is 5.56. The highest BCUT2D eigenvalue weighted by Gasteiger charge is 2.57. The van der Waals surface area contributed by atoms with Crippen molar-refractivity contribution in [2.75, 3.05) is 20.7 Å². The van der Waals surface area contributed by atoms with Crippen LogP contribution in [0.25, 0.3) is 0 Å². The molecule has 2 fully saturated rings. The molecule has 1 heterocycles. The summed E-state index contributed by atoms with van der Waals surface area (Å²) in [7, 11) is 3.77. The van der Waals surface area contributed by atoms with Gasteiger partial charge in [0, 0.05) is 22.9 Å². The van der Waals surface area contributed by atoms with Gasteiger partial charge in [-0.2, -0.15) is 0 Å². The van der Waals surface area contributed by atoms with E-state index in [1.807, 2.05) is 6.07 Å². The molecule has 1 saturated carbocycles. The number of hydrogen-bond acceptors (Lipinski definition) is 4. The third-order valence-corrected chi connectivity index (χ3v) is 6.44. The first-order valence-corrected chi connectivity index (χ1v) is 8.36. The maximum atomic E-state index is 10.8. The normalized spacial score (nSPS) is 37.3. The minimum absolute atomic E-state index is 0.0823. The van der Waals surface area contributed by atoms with E-state index in [4.69, 9.17) is 4.74 Å². The maximum Gasteiger partial charge on any atom is 0.161 e. The van der Waals surface area contributed by atoms with Crippen LogP contribution < -0.4 is 4.74 Å². The van der Waals surface area contributed by atoms with E-state index in [2.05, 4.69) is 18.0 Å². The molecule has 0 radical (unpaired) electrons. The lowest BCUT2D eigenvalue weighted by Crippen LogP contribution is -2.63. The van der Waals surface area contributed by atoms with Crippen molar-refractivity contribution in [3.8, 4) is 11.5 Å². The van der Waals surface area contributed by atoms with Gasteiger partial charge in [-0.25, -0.2) is 0 Å². The van der Waals surface area contributed by atoms with Crippen LogP contribution in [-0.4, -0.2) is 48.0 Å². The van der Waals surface area contributed by atoms with E-state index >= 15 is 0 Å². The summed E-state index contributed by atoms with van der Waals surface area (Å²) in [4.78, 5) is 2.40. The summed E-state index contributed by atoms with van der Waals surface area (Å²) < 4.78 is 5.35. The summed E-state index contributed by atoms with van der Waals surface area (Å²) in [5, 5.41) is 21.5. The second-order valence-electron chi connectivity index (χ2n) is 7.29. The van der Waals surface area contributed by atoms with Crippen LogP contribution in [0.1, 0.15) is 36.8 Å². The Morgan fingerprint density at radius 2 is 2.14 bits per heavy atom. The molecule has 22 heavy (non-hydrogen) atoms. The number of piperidine rings is 1. The average molecular weight is 303 g/mol. The van der Waals surface area contributed by atoms with Crippen molar-refractivity contribution in [3.05, 3.63) is 23.3 Å². The van der Waals surface area contributed by atoms with E-state index in [-0.39, 0.29) is 17.4 Å². The Balaban J connectivity index is 1.95. The number of aromatic hydroxyl groups is 1. The van der Waals surface area contributed by atoms with Crippen molar-refractivity contribution < 1.29 is 14.9 Å². The minimum atomic E-state index is -0.264. The van der Waals surface area contributed by atoms with Crippen LogP contribution in [0.2, 0.25) is 0 Å².